The quantitative estimate of drug-likeness (QED) is 0.798. The summed E-state index contributed by atoms with van der Waals surface area (Å²) in [5, 5.41) is 0. The van der Waals surface area contributed by atoms with Crippen LogP contribution in [0.4, 0.5) is 13.2 Å². The fraction of sp³-hybridized carbons (Fsp3) is 0.133. The Hall–Kier alpha value is -2.50. The second-order valence-electron chi connectivity index (χ2n) is 4.15. The van der Waals surface area contributed by atoms with Crippen molar-refractivity contribution in [2.45, 2.75) is 6.36 Å². The predicted octanol–water partition coefficient (Wildman–Crippen LogP) is 4.07. The summed E-state index contributed by atoms with van der Waals surface area (Å²) in [4.78, 5) is 11.1. The van der Waals surface area contributed by atoms with E-state index in [0.717, 1.165) is 0 Å². The van der Waals surface area contributed by atoms with Crippen LogP contribution in [0.5, 0.6) is 11.5 Å². The summed E-state index contributed by atoms with van der Waals surface area (Å²) >= 11 is 0. The Labute approximate surface area is 118 Å². The first-order chi connectivity index (χ1) is 9.93. The average molecular weight is 296 g/mol. The van der Waals surface area contributed by atoms with Crippen molar-refractivity contribution in [3.63, 3.8) is 0 Å². The number of rotatable bonds is 4. The molecule has 0 bridgehead atoms. The van der Waals surface area contributed by atoms with Gasteiger partial charge in [0.1, 0.15) is 11.5 Å². The third-order valence-corrected chi connectivity index (χ3v) is 2.77. The van der Waals surface area contributed by atoms with E-state index in [-0.39, 0.29) is 5.75 Å². The molecule has 0 radical (unpaired) electrons. The molecule has 0 aromatic heterocycles. The van der Waals surface area contributed by atoms with Crippen molar-refractivity contribution in [1.29, 1.82) is 0 Å². The van der Waals surface area contributed by atoms with Crippen molar-refractivity contribution in [2.24, 2.45) is 0 Å². The molecule has 0 heterocycles. The lowest BCUT2D eigenvalue weighted by Gasteiger charge is -2.12. The molecule has 0 atom stereocenters. The largest absolute Gasteiger partial charge is 0.573 e. The summed E-state index contributed by atoms with van der Waals surface area (Å²) in [6.07, 6.45) is -4.13. The van der Waals surface area contributed by atoms with Crippen molar-refractivity contribution in [3.8, 4) is 22.6 Å². The Bertz CT molecular complexity index is 651. The maximum absolute atomic E-state index is 12.2. The lowest BCUT2D eigenvalue weighted by Crippen LogP contribution is -2.17. The highest BCUT2D eigenvalue weighted by Crippen LogP contribution is 2.31. The fourth-order valence-electron chi connectivity index (χ4n) is 1.88. The number of hydrogen-bond acceptors (Lipinski definition) is 3. The zero-order valence-electron chi connectivity index (χ0n) is 11.0. The van der Waals surface area contributed by atoms with Gasteiger partial charge in [0.25, 0.3) is 0 Å². The molecule has 0 saturated heterocycles. The summed E-state index contributed by atoms with van der Waals surface area (Å²) in [5.41, 5.74) is 1.25. The van der Waals surface area contributed by atoms with Gasteiger partial charge in [-0.25, -0.2) is 0 Å². The lowest BCUT2D eigenvalue weighted by atomic mass is 10.00. The van der Waals surface area contributed by atoms with Gasteiger partial charge >= 0.3 is 6.36 Å². The molecule has 0 unspecified atom stereocenters. The fourth-order valence-corrected chi connectivity index (χ4v) is 1.88. The molecule has 0 amide bonds. The van der Waals surface area contributed by atoms with Gasteiger partial charge < -0.3 is 9.47 Å². The minimum absolute atomic E-state index is 0.347. The van der Waals surface area contributed by atoms with Gasteiger partial charge in [-0.15, -0.1) is 13.2 Å². The van der Waals surface area contributed by atoms with Gasteiger partial charge in [0.15, 0.2) is 6.29 Å². The van der Waals surface area contributed by atoms with Crippen LogP contribution in [0.3, 0.4) is 0 Å². The molecule has 0 N–H and O–H groups in total. The number of methoxy groups -OCH3 is 1. The van der Waals surface area contributed by atoms with E-state index < -0.39 is 6.36 Å². The number of alkyl halides is 3. The molecule has 0 aliphatic carbocycles. The third kappa shape index (κ3) is 3.75. The first-order valence-electron chi connectivity index (χ1n) is 5.92. The molecular weight excluding hydrogens is 285 g/mol. The Morgan fingerprint density at radius 1 is 1.05 bits per heavy atom. The predicted molar refractivity (Wildman–Crippen MR) is 70.5 cm³/mol. The highest BCUT2D eigenvalue weighted by Gasteiger charge is 2.31. The number of aldehydes is 1. The minimum Gasteiger partial charge on any atom is -0.497 e. The van der Waals surface area contributed by atoms with Crippen LogP contribution in [0.1, 0.15) is 10.4 Å². The Morgan fingerprint density at radius 3 is 2.43 bits per heavy atom. The van der Waals surface area contributed by atoms with E-state index in [1.165, 1.54) is 25.3 Å². The van der Waals surface area contributed by atoms with Gasteiger partial charge in [-0.2, -0.15) is 0 Å². The maximum Gasteiger partial charge on any atom is 0.573 e. The molecule has 0 fully saturated rings. The lowest BCUT2D eigenvalue weighted by molar-refractivity contribution is -0.274. The summed E-state index contributed by atoms with van der Waals surface area (Å²) in [6.45, 7) is 0. The Kier molecular flexibility index (Phi) is 4.16. The van der Waals surface area contributed by atoms with Crippen molar-refractivity contribution >= 4 is 6.29 Å². The molecule has 3 nitrogen and oxygen atoms in total. The highest BCUT2D eigenvalue weighted by atomic mass is 19.4. The van der Waals surface area contributed by atoms with E-state index in [1.54, 1.807) is 24.3 Å². The SMILES string of the molecule is COc1ccc(C=O)c(-c2cccc(OC(F)(F)F)c2)c1. The molecule has 0 aliphatic rings. The van der Waals surface area contributed by atoms with Crippen LogP contribution >= 0.6 is 0 Å². The number of carbonyl (C=O) groups excluding carboxylic acids is 1. The summed E-state index contributed by atoms with van der Waals surface area (Å²) in [6, 6.07) is 10.1. The van der Waals surface area contributed by atoms with Gasteiger partial charge in [0.2, 0.25) is 0 Å². The average Bonchev–Trinajstić information content (AvgIpc) is 2.45. The first-order valence-corrected chi connectivity index (χ1v) is 5.92. The smallest absolute Gasteiger partial charge is 0.497 e. The second kappa shape index (κ2) is 5.87. The van der Waals surface area contributed by atoms with Crippen LogP contribution in [0.15, 0.2) is 42.5 Å². The topological polar surface area (TPSA) is 35.5 Å². The van der Waals surface area contributed by atoms with Crippen LogP contribution in [-0.4, -0.2) is 19.8 Å². The maximum atomic E-state index is 12.2. The second-order valence-corrected chi connectivity index (χ2v) is 4.15. The first kappa shape index (κ1) is 14.9. The van der Waals surface area contributed by atoms with Crippen molar-refractivity contribution in [1.82, 2.24) is 0 Å². The molecule has 6 heteroatoms. The van der Waals surface area contributed by atoms with Crippen LogP contribution in [0.2, 0.25) is 0 Å². The summed E-state index contributed by atoms with van der Waals surface area (Å²) in [7, 11) is 1.46. The van der Waals surface area contributed by atoms with Gasteiger partial charge in [0, 0.05) is 5.56 Å². The van der Waals surface area contributed by atoms with Crippen LogP contribution in [-0.2, 0) is 0 Å². The number of hydrogen-bond donors (Lipinski definition) is 0. The van der Waals surface area contributed by atoms with Crippen LogP contribution in [0, 0.1) is 0 Å². The van der Waals surface area contributed by atoms with Crippen molar-refractivity contribution < 1.29 is 27.4 Å². The van der Waals surface area contributed by atoms with E-state index in [1.807, 2.05) is 0 Å². The summed E-state index contributed by atoms with van der Waals surface area (Å²) in [5.74, 6) is 0.150. The number of benzene rings is 2. The van der Waals surface area contributed by atoms with E-state index in [9.17, 15) is 18.0 Å². The molecule has 2 rings (SSSR count). The van der Waals surface area contributed by atoms with Gasteiger partial charge in [0.05, 0.1) is 7.11 Å². The molecular formula is C15H11F3O3. The monoisotopic (exact) mass is 296 g/mol. The Balaban J connectivity index is 2.46. The van der Waals surface area contributed by atoms with Gasteiger partial charge in [-0.1, -0.05) is 12.1 Å². The van der Waals surface area contributed by atoms with Crippen LogP contribution < -0.4 is 9.47 Å². The molecule has 0 aliphatic heterocycles. The Morgan fingerprint density at radius 2 is 1.81 bits per heavy atom. The van der Waals surface area contributed by atoms with Gasteiger partial charge in [-0.05, 0) is 41.5 Å². The number of ether oxygens (including phenoxy) is 2. The summed E-state index contributed by atoms with van der Waals surface area (Å²) < 4.78 is 45.7. The number of halogens is 3. The van der Waals surface area contributed by atoms with E-state index in [4.69, 9.17) is 4.74 Å². The molecule has 0 saturated carbocycles. The molecule has 0 spiro atoms. The highest BCUT2D eigenvalue weighted by molar-refractivity contribution is 5.88. The third-order valence-electron chi connectivity index (χ3n) is 2.77. The van der Waals surface area contributed by atoms with E-state index >= 15 is 0 Å². The standard InChI is InChI=1S/C15H11F3O3/c1-20-12-6-5-11(9-19)14(8-12)10-3-2-4-13(7-10)21-15(16,17)18/h2-9H,1H3. The van der Waals surface area contributed by atoms with Crippen molar-refractivity contribution in [2.75, 3.05) is 7.11 Å². The van der Waals surface area contributed by atoms with E-state index in [0.29, 0.717) is 28.7 Å². The molecule has 21 heavy (non-hydrogen) atoms. The molecule has 2 aromatic rings. The molecule has 2 aromatic carbocycles. The normalized spacial score (nSPS) is 11.0. The zero-order chi connectivity index (χ0) is 15.5. The van der Waals surface area contributed by atoms with Gasteiger partial charge in [-0.3, -0.25) is 4.79 Å². The van der Waals surface area contributed by atoms with Crippen molar-refractivity contribution in [3.05, 3.63) is 48.0 Å². The molecule has 110 valence electrons. The zero-order valence-corrected chi connectivity index (χ0v) is 11.0. The van der Waals surface area contributed by atoms with E-state index in [2.05, 4.69) is 4.74 Å². The minimum atomic E-state index is -4.76. The van der Waals surface area contributed by atoms with Crippen LogP contribution in [0.25, 0.3) is 11.1 Å². The number of carbonyl (C=O) groups is 1.